The van der Waals surface area contributed by atoms with Crippen LogP contribution in [0.15, 0.2) is 42.5 Å². The third kappa shape index (κ3) is 2.23. The molecule has 2 aromatic rings. The lowest BCUT2D eigenvalue weighted by Gasteiger charge is -2.51. The van der Waals surface area contributed by atoms with Gasteiger partial charge in [0.1, 0.15) is 0 Å². The molecule has 13 heteroatoms. The number of nitrogens with one attached hydrogen (secondary N) is 1. The minimum atomic E-state index is -7.37. The number of anilines is 1. The van der Waals surface area contributed by atoms with Gasteiger partial charge < -0.3 is 5.32 Å². The maximum absolute atomic E-state index is 14.7. The van der Waals surface area contributed by atoms with E-state index in [-0.39, 0.29) is 10.8 Å². The monoisotopic (exact) mass is 451 g/mol. The van der Waals surface area contributed by atoms with Crippen molar-refractivity contribution in [1.82, 2.24) is 0 Å². The third-order valence-corrected chi connectivity index (χ3v) is 4.79. The van der Waals surface area contributed by atoms with Crippen molar-refractivity contribution in [1.29, 1.82) is 0 Å². The minimum absolute atomic E-state index is 0.0942. The number of benzene rings is 2. The van der Waals surface area contributed by atoms with Gasteiger partial charge in [0.2, 0.25) is 0 Å². The standard InChI is InChI=1S/C17H8F11NO/c18-12(11(30)29-10-7-3-5-8-4-1-2-6-9(8)10)13(19,20)15(23,24)17(27,28)16(25,26)14(12,21)22/h1-7H,(H,29,30). The van der Waals surface area contributed by atoms with Crippen molar-refractivity contribution in [2.75, 3.05) is 5.32 Å². The van der Waals surface area contributed by atoms with E-state index in [1.807, 2.05) is 0 Å². The first-order chi connectivity index (χ1) is 13.5. The number of amides is 1. The molecule has 0 radical (unpaired) electrons. The summed E-state index contributed by atoms with van der Waals surface area (Å²) >= 11 is 0. The van der Waals surface area contributed by atoms with Gasteiger partial charge in [0.05, 0.1) is 0 Å². The second-order valence-corrected chi connectivity index (χ2v) is 6.51. The highest BCUT2D eigenvalue weighted by Gasteiger charge is 3.02. The van der Waals surface area contributed by atoms with Crippen LogP contribution in [-0.2, 0) is 4.79 Å². The normalized spacial score (nSPS) is 24.9. The molecule has 1 N–H and O–H groups in total. The van der Waals surface area contributed by atoms with Crippen molar-refractivity contribution in [2.24, 2.45) is 0 Å². The second-order valence-electron chi connectivity index (χ2n) is 6.51. The van der Waals surface area contributed by atoms with Gasteiger partial charge in [-0.15, -0.1) is 0 Å². The fourth-order valence-corrected chi connectivity index (χ4v) is 3.05. The van der Waals surface area contributed by atoms with Gasteiger partial charge in [0, 0.05) is 11.1 Å². The van der Waals surface area contributed by atoms with Crippen LogP contribution >= 0.6 is 0 Å². The minimum Gasteiger partial charge on any atom is -0.322 e. The molecule has 0 aliphatic heterocycles. The summed E-state index contributed by atoms with van der Waals surface area (Å²) < 4.78 is 151. The van der Waals surface area contributed by atoms with Gasteiger partial charge in [-0.3, -0.25) is 4.79 Å². The molecule has 0 saturated heterocycles. The van der Waals surface area contributed by atoms with E-state index >= 15 is 0 Å². The van der Waals surface area contributed by atoms with Crippen molar-refractivity contribution in [3.63, 3.8) is 0 Å². The van der Waals surface area contributed by atoms with E-state index < -0.39 is 46.9 Å². The summed E-state index contributed by atoms with van der Waals surface area (Å²) in [6.45, 7) is 0. The van der Waals surface area contributed by atoms with Crippen LogP contribution in [0.1, 0.15) is 0 Å². The lowest BCUT2D eigenvalue weighted by atomic mass is 9.71. The molecule has 30 heavy (non-hydrogen) atoms. The molecule has 0 spiro atoms. The summed E-state index contributed by atoms with van der Waals surface area (Å²) in [4.78, 5) is 12.0. The predicted octanol–water partition coefficient (Wildman–Crippen LogP) is 5.68. The number of carbonyl (C=O) groups excluding carboxylic acids is 1. The van der Waals surface area contributed by atoms with Gasteiger partial charge in [-0.25, -0.2) is 4.39 Å². The molecule has 1 amide bonds. The van der Waals surface area contributed by atoms with Gasteiger partial charge in [-0.2, -0.15) is 43.9 Å². The van der Waals surface area contributed by atoms with E-state index in [1.165, 1.54) is 30.3 Å². The van der Waals surface area contributed by atoms with Crippen LogP contribution in [0.25, 0.3) is 10.8 Å². The van der Waals surface area contributed by atoms with Crippen LogP contribution in [-0.4, -0.2) is 41.2 Å². The van der Waals surface area contributed by atoms with Crippen LogP contribution in [0.2, 0.25) is 0 Å². The molecule has 0 unspecified atom stereocenters. The Labute approximate surface area is 159 Å². The molecule has 0 bridgehead atoms. The van der Waals surface area contributed by atoms with Gasteiger partial charge >= 0.3 is 35.3 Å². The van der Waals surface area contributed by atoms with E-state index in [0.717, 1.165) is 17.4 Å². The molecule has 0 heterocycles. The molecule has 164 valence electrons. The number of halogens is 11. The zero-order valence-corrected chi connectivity index (χ0v) is 14.1. The molecule has 1 saturated carbocycles. The quantitative estimate of drug-likeness (QED) is 0.586. The third-order valence-electron chi connectivity index (χ3n) is 4.79. The largest absolute Gasteiger partial charge is 0.384 e. The van der Waals surface area contributed by atoms with Crippen molar-refractivity contribution in [2.45, 2.75) is 35.3 Å². The number of carbonyl (C=O) groups is 1. The Bertz CT molecular complexity index is 982. The SMILES string of the molecule is O=C(Nc1cccc2ccccc12)C1(F)C(F)(F)C(F)(F)C(F)(F)C(F)(F)C1(F)F. The van der Waals surface area contributed by atoms with E-state index in [2.05, 4.69) is 0 Å². The fraction of sp³-hybridized carbons (Fsp3) is 0.353. The van der Waals surface area contributed by atoms with Crippen molar-refractivity contribution in [3.05, 3.63) is 42.5 Å². The summed E-state index contributed by atoms with van der Waals surface area (Å²) in [6, 6.07) is 8.59. The smallest absolute Gasteiger partial charge is 0.322 e. The van der Waals surface area contributed by atoms with E-state index in [0.29, 0.717) is 0 Å². The first-order valence-electron chi connectivity index (χ1n) is 7.85. The Kier molecular flexibility index (Phi) is 4.40. The predicted molar refractivity (Wildman–Crippen MR) is 81.2 cm³/mol. The van der Waals surface area contributed by atoms with Crippen molar-refractivity contribution >= 4 is 22.4 Å². The summed E-state index contributed by atoms with van der Waals surface area (Å²) in [5, 5.41) is 1.26. The number of rotatable bonds is 2. The van der Waals surface area contributed by atoms with Crippen LogP contribution in [0.4, 0.5) is 54.0 Å². The van der Waals surface area contributed by atoms with Crippen molar-refractivity contribution in [3.8, 4) is 0 Å². The summed E-state index contributed by atoms with van der Waals surface area (Å²) in [5.74, 6) is -39.8. The van der Waals surface area contributed by atoms with Gasteiger partial charge in [-0.05, 0) is 11.5 Å². The first-order valence-corrected chi connectivity index (χ1v) is 7.85. The summed E-state index contributed by atoms with van der Waals surface area (Å²) in [5.41, 5.74) is -7.42. The number of fused-ring (bicyclic) bond motifs is 1. The number of alkyl halides is 11. The first kappa shape index (κ1) is 22.1. The topological polar surface area (TPSA) is 29.1 Å². The molecular formula is C17H8F11NO. The molecule has 1 aliphatic carbocycles. The molecule has 0 atom stereocenters. The Hall–Kier alpha value is -2.60. The van der Waals surface area contributed by atoms with Crippen LogP contribution < -0.4 is 5.32 Å². The average Bonchev–Trinajstić information content (AvgIpc) is 2.65. The lowest BCUT2D eigenvalue weighted by Crippen LogP contribution is -2.86. The number of hydrogen-bond acceptors (Lipinski definition) is 1. The molecule has 0 aromatic heterocycles. The highest BCUT2D eigenvalue weighted by molar-refractivity contribution is 6.06. The zero-order chi connectivity index (χ0) is 23.0. The number of hydrogen-bond donors (Lipinski definition) is 1. The molecule has 1 fully saturated rings. The van der Waals surface area contributed by atoms with E-state index in [9.17, 15) is 53.1 Å². The Balaban J connectivity index is 2.20. The second kappa shape index (κ2) is 5.97. The Morgan fingerprint density at radius 2 is 1.03 bits per heavy atom. The Morgan fingerprint density at radius 1 is 0.600 bits per heavy atom. The van der Waals surface area contributed by atoms with Crippen LogP contribution in [0, 0.1) is 0 Å². The van der Waals surface area contributed by atoms with E-state index in [4.69, 9.17) is 0 Å². The summed E-state index contributed by atoms with van der Waals surface area (Å²) in [7, 11) is 0. The maximum atomic E-state index is 14.7. The van der Waals surface area contributed by atoms with Gasteiger partial charge in [-0.1, -0.05) is 36.4 Å². The molecule has 3 rings (SSSR count). The zero-order valence-electron chi connectivity index (χ0n) is 14.1. The highest BCUT2D eigenvalue weighted by atomic mass is 19.4. The molecule has 2 nitrogen and oxygen atoms in total. The van der Waals surface area contributed by atoms with Gasteiger partial charge in [0.25, 0.3) is 5.91 Å². The maximum Gasteiger partial charge on any atom is 0.384 e. The van der Waals surface area contributed by atoms with Crippen LogP contribution in [0.5, 0.6) is 0 Å². The average molecular weight is 451 g/mol. The van der Waals surface area contributed by atoms with Crippen molar-refractivity contribution < 1.29 is 53.1 Å². The summed E-state index contributed by atoms with van der Waals surface area (Å²) in [6.07, 6.45) is 0. The Morgan fingerprint density at radius 3 is 1.57 bits per heavy atom. The van der Waals surface area contributed by atoms with E-state index in [1.54, 1.807) is 0 Å². The molecular weight excluding hydrogens is 443 g/mol. The fourth-order valence-electron chi connectivity index (χ4n) is 3.05. The lowest BCUT2D eigenvalue weighted by molar-refractivity contribution is -0.475. The van der Waals surface area contributed by atoms with Gasteiger partial charge in [0.15, 0.2) is 0 Å². The molecule has 1 aliphatic rings. The van der Waals surface area contributed by atoms with Crippen LogP contribution in [0.3, 0.4) is 0 Å². The highest BCUT2D eigenvalue weighted by Crippen LogP contribution is 2.69. The molecule has 2 aromatic carbocycles.